The van der Waals surface area contributed by atoms with E-state index in [1.165, 1.54) is 5.56 Å². The first kappa shape index (κ1) is 15.9. The highest BCUT2D eigenvalue weighted by atomic mass is 15.0. The number of rotatable bonds is 2. The van der Waals surface area contributed by atoms with Crippen molar-refractivity contribution in [1.82, 2.24) is 15.0 Å². The van der Waals surface area contributed by atoms with Gasteiger partial charge in [0, 0.05) is 18.6 Å². The van der Waals surface area contributed by atoms with Gasteiger partial charge in [0.05, 0.1) is 0 Å². The van der Waals surface area contributed by atoms with Crippen LogP contribution in [0.1, 0.15) is 50.7 Å². The second-order valence-corrected chi connectivity index (χ2v) is 5.20. The summed E-state index contributed by atoms with van der Waals surface area (Å²) in [6.45, 7) is 8.45. The Balaban J connectivity index is 0.000000200. The predicted molar refractivity (Wildman–Crippen MR) is 83.3 cm³/mol. The monoisotopic (exact) mass is 273 g/mol. The van der Waals surface area contributed by atoms with Crippen LogP contribution in [0, 0.1) is 0 Å². The maximum absolute atomic E-state index is 5.42. The lowest BCUT2D eigenvalue weighted by molar-refractivity contribution is 0.848. The van der Waals surface area contributed by atoms with Gasteiger partial charge in [-0.1, -0.05) is 33.8 Å². The fourth-order valence-corrected chi connectivity index (χ4v) is 1.40. The molecule has 0 spiro atoms. The van der Waals surface area contributed by atoms with Gasteiger partial charge in [0.15, 0.2) is 0 Å². The summed E-state index contributed by atoms with van der Waals surface area (Å²) < 4.78 is 0. The average Bonchev–Trinajstić information content (AvgIpc) is 2.40. The third-order valence-corrected chi connectivity index (χ3v) is 2.83. The summed E-state index contributed by atoms with van der Waals surface area (Å²) in [4.78, 5) is 11.7. The van der Waals surface area contributed by atoms with Crippen molar-refractivity contribution in [2.45, 2.75) is 39.5 Å². The molecule has 0 fully saturated rings. The molecule has 2 heterocycles. The molecular formula is C15H23N5. The number of anilines is 2. The van der Waals surface area contributed by atoms with Crippen molar-refractivity contribution in [2.24, 2.45) is 0 Å². The second kappa shape index (κ2) is 7.43. The Labute approximate surface area is 120 Å². The summed E-state index contributed by atoms with van der Waals surface area (Å²) in [5, 5.41) is 0. The van der Waals surface area contributed by atoms with Gasteiger partial charge in [-0.05, 0) is 29.0 Å². The summed E-state index contributed by atoms with van der Waals surface area (Å²) in [5.74, 6) is 1.93. The van der Waals surface area contributed by atoms with Crippen molar-refractivity contribution < 1.29 is 0 Å². The first-order valence-electron chi connectivity index (χ1n) is 6.69. The fraction of sp³-hybridized carbons (Fsp3) is 0.400. The summed E-state index contributed by atoms with van der Waals surface area (Å²) in [7, 11) is 0. The first-order valence-corrected chi connectivity index (χ1v) is 6.69. The Morgan fingerprint density at radius 3 is 1.65 bits per heavy atom. The van der Waals surface area contributed by atoms with Gasteiger partial charge in [-0.2, -0.15) is 0 Å². The molecule has 0 radical (unpaired) electrons. The number of nitrogens with two attached hydrogens (primary N) is 2. The van der Waals surface area contributed by atoms with Crippen LogP contribution in [0.5, 0.6) is 0 Å². The minimum Gasteiger partial charge on any atom is -0.384 e. The number of nitrogens with zero attached hydrogens (tertiary/aromatic N) is 3. The maximum atomic E-state index is 5.42. The molecule has 5 nitrogen and oxygen atoms in total. The molecule has 4 N–H and O–H groups in total. The van der Waals surface area contributed by atoms with E-state index in [4.69, 9.17) is 11.5 Å². The minimum absolute atomic E-state index is 0.337. The normalized spacial score (nSPS) is 10.3. The molecule has 2 aromatic rings. The summed E-state index contributed by atoms with van der Waals surface area (Å²) >= 11 is 0. The molecule has 0 aromatic carbocycles. The van der Waals surface area contributed by atoms with E-state index in [9.17, 15) is 0 Å². The number of aromatic nitrogens is 3. The molecule has 0 bridgehead atoms. The molecule has 0 saturated heterocycles. The molecule has 20 heavy (non-hydrogen) atoms. The van der Waals surface area contributed by atoms with Gasteiger partial charge in [0.2, 0.25) is 5.95 Å². The zero-order valence-corrected chi connectivity index (χ0v) is 12.5. The molecular weight excluding hydrogens is 250 g/mol. The highest BCUT2D eigenvalue weighted by molar-refractivity contribution is 5.30. The van der Waals surface area contributed by atoms with E-state index in [0.29, 0.717) is 23.6 Å². The summed E-state index contributed by atoms with van der Waals surface area (Å²) in [6.07, 6.45) is 5.33. The number of nitrogen functional groups attached to an aromatic ring is 2. The van der Waals surface area contributed by atoms with Gasteiger partial charge >= 0.3 is 0 Å². The van der Waals surface area contributed by atoms with E-state index < -0.39 is 0 Å². The quantitative estimate of drug-likeness (QED) is 0.877. The standard InChI is InChI=1S/C8H12N2.C7H11N3/c1-6(2)7-3-4-8(9)10-5-7;1-5(2)6-3-9-7(8)10-4-6/h3-6H,1-2H3,(H2,9,10);3-5H,1-2H3,(H2,8,9,10). The number of pyridine rings is 1. The molecule has 0 unspecified atom stereocenters. The largest absolute Gasteiger partial charge is 0.384 e. The third-order valence-electron chi connectivity index (χ3n) is 2.83. The van der Waals surface area contributed by atoms with E-state index in [1.54, 1.807) is 12.4 Å². The van der Waals surface area contributed by atoms with Crippen molar-refractivity contribution in [3.63, 3.8) is 0 Å². The Morgan fingerprint density at radius 2 is 1.25 bits per heavy atom. The van der Waals surface area contributed by atoms with E-state index in [-0.39, 0.29) is 0 Å². The van der Waals surface area contributed by atoms with Crippen LogP contribution in [0.2, 0.25) is 0 Å². The van der Waals surface area contributed by atoms with E-state index in [2.05, 4.69) is 42.6 Å². The highest BCUT2D eigenvalue weighted by Crippen LogP contribution is 2.12. The smallest absolute Gasteiger partial charge is 0.219 e. The topological polar surface area (TPSA) is 90.7 Å². The van der Waals surface area contributed by atoms with Crippen molar-refractivity contribution in [1.29, 1.82) is 0 Å². The molecule has 2 aromatic heterocycles. The van der Waals surface area contributed by atoms with Crippen LogP contribution in [0.25, 0.3) is 0 Å². The molecule has 0 aliphatic rings. The first-order chi connectivity index (χ1) is 9.40. The Hall–Kier alpha value is -2.17. The van der Waals surface area contributed by atoms with Crippen molar-refractivity contribution in [3.05, 3.63) is 41.9 Å². The van der Waals surface area contributed by atoms with Crippen LogP contribution < -0.4 is 11.5 Å². The van der Waals surface area contributed by atoms with Crippen LogP contribution in [0.3, 0.4) is 0 Å². The molecule has 0 amide bonds. The summed E-state index contributed by atoms with van der Waals surface area (Å²) in [5.41, 5.74) is 13.1. The van der Waals surface area contributed by atoms with Crippen molar-refractivity contribution in [3.8, 4) is 0 Å². The number of hydrogen-bond donors (Lipinski definition) is 2. The SMILES string of the molecule is CC(C)c1ccc(N)nc1.CC(C)c1cnc(N)nc1. The van der Waals surface area contributed by atoms with Crippen LogP contribution >= 0.6 is 0 Å². The minimum atomic E-state index is 0.337. The molecule has 2 rings (SSSR count). The molecule has 0 aliphatic carbocycles. The maximum Gasteiger partial charge on any atom is 0.219 e. The van der Waals surface area contributed by atoms with Crippen LogP contribution in [-0.2, 0) is 0 Å². The van der Waals surface area contributed by atoms with E-state index in [0.717, 1.165) is 5.56 Å². The molecule has 0 saturated carbocycles. The average molecular weight is 273 g/mol. The Bertz CT molecular complexity index is 453. The second-order valence-electron chi connectivity index (χ2n) is 5.20. The zero-order chi connectivity index (χ0) is 15.1. The molecule has 0 aliphatic heterocycles. The van der Waals surface area contributed by atoms with E-state index in [1.807, 2.05) is 18.3 Å². The number of hydrogen-bond acceptors (Lipinski definition) is 5. The Kier molecular flexibility index (Phi) is 5.90. The fourth-order valence-electron chi connectivity index (χ4n) is 1.40. The van der Waals surface area contributed by atoms with Gasteiger partial charge in [0.1, 0.15) is 5.82 Å². The molecule has 5 heteroatoms. The van der Waals surface area contributed by atoms with Gasteiger partial charge < -0.3 is 11.5 Å². The predicted octanol–water partition coefficient (Wildman–Crippen LogP) is 2.97. The van der Waals surface area contributed by atoms with E-state index >= 15 is 0 Å². The third kappa shape index (κ3) is 5.22. The Morgan fingerprint density at radius 1 is 0.750 bits per heavy atom. The highest BCUT2D eigenvalue weighted by Gasteiger charge is 1.98. The van der Waals surface area contributed by atoms with Crippen molar-refractivity contribution >= 4 is 11.8 Å². The lowest BCUT2D eigenvalue weighted by Crippen LogP contribution is -1.96. The molecule has 108 valence electrons. The van der Waals surface area contributed by atoms with Gasteiger partial charge in [0.25, 0.3) is 0 Å². The lowest BCUT2D eigenvalue weighted by atomic mass is 10.1. The summed E-state index contributed by atoms with van der Waals surface area (Å²) in [6, 6.07) is 3.84. The van der Waals surface area contributed by atoms with Gasteiger partial charge in [-0.15, -0.1) is 0 Å². The van der Waals surface area contributed by atoms with Crippen LogP contribution in [-0.4, -0.2) is 15.0 Å². The van der Waals surface area contributed by atoms with Gasteiger partial charge in [-0.25, -0.2) is 15.0 Å². The van der Waals surface area contributed by atoms with Gasteiger partial charge in [-0.3, -0.25) is 0 Å². The molecule has 0 atom stereocenters. The van der Waals surface area contributed by atoms with Crippen LogP contribution in [0.15, 0.2) is 30.7 Å². The van der Waals surface area contributed by atoms with Crippen molar-refractivity contribution in [2.75, 3.05) is 11.5 Å². The lowest BCUT2D eigenvalue weighted by Gasteiger charge is -2.02. The zero-order valence-electron chi connectivity index (χ0n) is 12.5. The van der Waals surface area contributed by atoms with Crippen LogP contribution in [0.4, 0.5) is 11.8 Å².